The summed E-state index contributed by atoms with van der Waals surface area (Å²) in [4.78, 5) is 14.4. The lowest BCUT2D eigenvalue weighted by Gasteiger charge is -2.39. The Labute approximate surface area is 119 Å². The summed E-state index contributed by atoms with van der Waals surface area (Å²) in [5, 5.41) is 17.5. The van der Waals surface area contributed by atoms with Crippen LogP contribution >= 0.6 is 0 Å². The summed E-state index contributed by atoms with van der Waals surface area (Å²) < 4.78 is 0. The maximum Gasteiger partial charge on any atom is 0.287 e. The van der Waals surface area contributed by atoms with Gasteiger partial charge >= 0.3 is 0 Å². The molecule has 1 aromatic heterocycles. The maximum atomic E-state index is 10.7. The number of hydrogen-bond donors (Lipinski definition) is 2. The molecule has 0 radical (unpaired) electrons. The van der Waals surface area contributed by atoms with Gasteiger partial charge in [-0.05, 0) is 37.3 Å². The second kappa shape index (κ2) is 5.75. The molecule has 1 aliphatic heterocycles. The normalized spacial score (nSPS) is 21.4. The number of aromatic nitrogens is 1. The van der Waals surface area contributed by atoms with E-state index in [1.807, 2.05) is 6.92 Å². The van der Waals surface area contributed by atoms with Crippen LogP contribution in [0, 0.1) is 22.5 Å². The molecule has 1 unspecified atom stereocenters. The Morgan fingerprint density at radius 1 is 1.60 bits per heavy atom. The van der Waals surface area contributed by atoms with Gasteiger partial charge < -0.3 is 10.6 Å². The number of aryl methyl sites for hydroxylation is 1. The number of piperidine rings is 1. The molecule has 2 N–H and O–H groups in total. The van der Waals surface area contributed by atoms with Crippen molar-refractivity contribution in [2.45, 2.75) is 39.7 Å². The van der Waals surface area contributed by atoms with Crippen molar-refractivity contribution in [3.05, 3.63) is 27.9 Å². The van der Waals surface area contributed by atoms with E-state index in [9.17, 15) is 10.1 Å². The third-order valence-corrected chi connectivity index (χ3v) is 4.08. The number of nitrogens with one attached hydrogen (secondary N) is 2. The fourth-order valence-electron chi connectivity index (χ4n) is 2.66. The van der Waals surface area contributed by atoms with Gasteiger partial charge in [0.25, 0.3) is 5.69 Å². The number of hydrogen-bond acceptors (Lipinski definition) is 5. The van der Waals surface area contributed by atoms with Crippen molar-refractivity contribution in [1.29, 1.82) is 0 Å². The first kappa shape index (κ1) is 14.7. The van der Waals surface area contributed by atoms with Gasteiger partial charge in [-0.1, -0.05) is 13.8 Å². The Morgan fingerprint density at radius 2 is 2.35 bits per heavy atom. The summed E-state index contributed by atoms with van der Waals surface area (Å²) in [6.07, 6.45) is 3.71. The second-order valence-electron chi connectivity index (χ2n) is 6.10. The van der Waals surface area contributed by atoms with E-state index in [2.05, 4.69) is 29.5 Å². The highest BCUT2D eigenvalue weighted by molar-refractivity contribution is 5.48. The monoisotopic (exact) mass is 278 g/mol. The smallest absolute Gasteiger partial charge is 0.287 e. The first-order chi connectivity index (χ1) is 9.40. The highest BCUT2D eigenvalue weighted by Crippen LogP contribution is 2.30. The SMILES string of the molecule is Cc1cc([N+](=O)[O-])cnc1NCC1NCCCC1(C)C. The molecule has 1 saturated heterocycles. The summed E-state index contributed by atoms with van der Waals surface area (Å²) in [5.41, 5.74) is 1.08. The number of nitro groups is 1. The van der Waals surface area contributed by atoms with Gasteiger partial charge in [0.2, 0.25) is 0 Å². The maximum absolute atomic E-state index is 10.7. The molecule has 0 amide bonds. The van der Waals surface area contributed by atoms with Crippen LogP contribution in [-0.2, 0) is 0 Å². The molecule has 6 nitrogen and oxygen atoms in total. The van der Waals surface area contributed by atoms with Crippen LogP contribution in [0.5, 0.6) is 0 Å². The first-order valence-electron chi connectivity index (χ1n) is 6.98. The quantitative estimate of drug-likeness (QED) is 0.653. The van der Waals surface area contributed by atoms with Gasteiger partial charge in [-0.15, -0.1) is 0 Å². The third kappa shape index (κ3) is 3.25. The molecular formula is C14H22N4O2. The largest absolute Gasteiger partial charge is 0.368 e. The molecule has 0 bridgehead atoms. The fourth-order valence-corrected chi connectivity index (χ4v) is 2.66. The lowest BCUT2D eigenvalue weighted by molar-refractivity contribution is -0.385. The molecule has 2 heterocycles. The summed E-state index contributed by atoms with van der Waals surface area (Å²) in [7, 11) is 0. The van der Waals surface area contributed by atoms with Gasteiger partial charge in [-0.25, -0.2) is 4.98 Å². The average Bonchev–Trinajstić information content (AvgIpc) is 2.38. The fraction of sp³-hybridized carbons (Fsp3) is 0.643. The Bertz CT molecular complexity index is 502. The molecule has 1 aromatic rings. The summed E-state index contributed by atoms with van der Waals surface area (Å²) in [5.74, 6) is 0.721. The van der Waals surface area contributed by atoms with E-state index in [-0.39, 0.29) is 11.1 Å². The van der Waals surface area contributed by atoms with E-state index < -0.39 is 4.92 Å². The van der Waals surface area contributed by atoms with Crippen LogP contribution in [-0.4, -0.2) is 29.0 Å². The molecule has 1 aliphatic rings. The Balaban J connectivity index is 2.02. The molecule has 110 valence electrons. The molecule has 0 aromatic carbocycles. The van der Waals surface area contributed by atoms with E-state index in [1.54, 1.807) is 6.07 Å². The predicted octanol–water partition coefficient (Wildman–Crippen LogP) is 2.49. The van der Waals surface area contributed by atoms with E-state index in [0.717, 1.165) is 24.5 Å². The molecular weight excluding hydrogens is 256 g/mol. The topological polar surface area (TPSA) is 80.1 Å². The van der Waals surface area contributed by atoms with Crippen molar-refractivity contribution in [2.24, 2.45) is 5.41 Å². The van der Waals surface area contributed by atoms with E-state index in [1.165, 1.54) is 19.0 Å². The molecule has 6 heteroatoms. The van der Waals surface area contributed by atoms with E-state index in [4.69, 9.17) is 0 Å². The predicted molar refractivity (Wildman–Crippen MR) is 78.9 cm³/mol. The molecule has 0 aliphatic carbocycles. The van der Waals surface area contributed by atoms with Crippen LogP contribution in [0.15, 0.2) is 12.3 Å². The molecule has 1 fully saturated rings. The lowest BCUT2D eigenvalue weighted by Crippen LogP contribution is -2.50. The molecule has 1 atom stereocenters. The second-order valence-corrected chi connectivity index (χ2v) is 6.10. The first-order valence-corrected chi connectivity index (χ1v) is 6.98. The number of pyridine rings is 1. The van der Waals surface area contributed by atoms with Crippen LogP contribution in [0.3, 0.4) is 0 Å². The molecule has 0 saturated carbocycles. The minimum Gasteiger partial charge on any atom is -0.368 e. The lowest BCUT2D eigenvalue weighted by atomic mass is 9.77. The standard InChI is InChI=1S/C14H22N4O2/c1-10-7-11(18(19)20)8-16-13(10)17-9-12-14(2,3)5-4-6-15-12/h7-8,12,15H,4-6,9H2,1-3H3,(H,16,17). The van der Waals surface area contributed by atoms with Gasteiger partial charge in [0.05, 0.1) is 4.92 Å². The van der Waals surface area contributed by atoms with Crippen molar-refractivity contribution >= 4 is 11.5 Å². The van der Waals surface area contributed by atoms with Crippen LogP contribution < -0.4 is 10.6 Å². The van der Waals surface area contributed by atoms with Crippen molar-refractivity contribution < 1.29 is 4.92 Å². The van der Waals surface area contributed by atoms with Crippen LogP contribution in [0.2, 0.25) is 0 Å². The zero-order valence-electron chi connectivity index (χ0n) is 12.3. The van der Waals surface area contributed by atoms with E-state index >= 15 is 0 Å². The van der Waals surface area contributed by atoms with Crippen molar-refractivity contribution in [3.8, 4) is 0 Å². The average molecular weight is 278 g/mol. The minimum atomic E-state index is -0.421. The molecule has 20 heavy (non-hydrogen) atoms. The highest BCUT2D eigenvalue weighted by atomic mass is 16.6. The van der Waals surface area contributed by atoms with Gasteiger partial charge in [0.1, 0.15) is 12.0 Å². The van der Waals surface area contributed by atoms with E-state index in [0.29, 0.717) is 6.04 Å². The summed E-state index contributed by atoms with van der Waals surface area (Å²) in [6.45, 7) is 8.19. The van der Waals surface area contributed by atoms with Crippen molar-refractivity contribution in [1.82, 2.24) is 10.3 Å². The van der Waals surface area contributed by atoms with Gasteiger partial charge in [0, 0.05) is 18.7 Å². The highest BCUT2D eigenvalue weighted by Gasteiger charge is 2.31. The molecule has 2 rings (SSSR count). The van der Waals surface area contributed by atoms with Crippen LogP contribution in [0.4, 0.5) is 11.5 Å². The van der Waals surface area contributed by atoms with Crippen LogP contribution in [0.25, 0.3) is 0 Å². The Hall–Kier alpha value is -1.69. The van der Waals surface area contributed by atoms with Crippen molar-refractivity contribution in [2.75, 3.05) is 18.4 Å². The summed E-state index contributed by atoms with van der Waals surface area (Å²) >= 11 is 0. The Kier molecular flexibility index (Phi) is 4.23. The zero-order chi connectivity index (χ0) is 14.8. The van der Waals surface area contributed by atoms with Crippen LogP contribution in [0.1, 0.15) is 32.3 Å². The van der Waals surface area contributed by atoms with Gasteiger partial charge in [-0.2, -0.15) is 0 Å². The number of anilines is 1. The minimum absolute atomic E-state index is 0.0316. The summed E-state index contributed by atoms with van der Waals surface area (Å²) in [6, 6.07) is 1.93. The molecule has 0 spiro atoms. The van der Waals surface area contributed by atoms with Crippen molar-refractivity contribution in [3.63, 3.8) is 0 Å². The van der Waals surface area contributed by atoms with Gasteiger partial charge in [-0.3, -0.25) is 10.1 Å². The third-order valence-electron chi connectivity index (χ3n) is 4.08. The zero-order valence-corrected chi connectivity index (χ0v) is 12.3. The van der Waals surface area contributed by atoms with Gasteiger partial charge in [0.15, 0.2) is 0 Å². The number of nitrogens with zero attached hydrogens (tertiary/aromatic N) is 2. The Morgan fingerprint density at radius 3 is 2.95 bits per heavy atom. The number of rotatable bonds is 4.